The Bertz CT molecular complexity index is 582. The van der Waals surface area contributed by atoms with E-state index in [1.807, 2.05) is 18.3 Å². The molecule has 1 atom stereocenters. The Balaban J connectivity index is 1.57. The van der Waals surface area contributed by atoms with Crippen LogP contribution in [0.25, 0.3) is 0 Å². The molecule has 0 radical (unpaired) electrons. The number of ether oxygens (including phenoxy) is 2. The molecule has 0 spiro atoms. The number of imidazole rings is 1. The Kier molecular flexibility index (Phi) is 4.45. The number of H-pyrrole nitrogens is 1. The maximum atomic E-state index is 5.95. The molecule has 118 valence electrons. The first-order chi connectivity index (χ1) is 10.7. The topological polar surface area (TPSA) is 50.4 Å². The molecule has 0 aliphatic carbocycles. The van der Waals surface area contributed by atoms with Gasteiger partial charge in [-0.1, -0.05) is 17.7 Å². The SMILES string of the molecule is CO[C@]1(COc2ccc(C)cc2)CCN(Cc2cnc[nH]2)C1. The Morgan fingerprint density at radius 2 is 2.14 bits per heavy atom. The van der Waals surface area contributed by atoms with E-state index < -0.39 is 0 Å². The highest BCUT2D eigenvalue weighted by molar-refractivity contribution is 5.26. The maximum Gasteiger partial charge on any atom is 0.119 e. The number of hydrogen-bond acceptors (Lipinski definition) is 4. The highest BCUT2D eigenvalue weighted by Gasteiger charge is 2.39. The van der Waals surface area contributed by atoms with Crippen molar-refractivity contribution in [1.82, 2.24) is 14.9 Å². The Labute approximate surface area is 131 Å². The highest BCUT2D eigenvalue weighted by Crippen LogP contribution is 2.27. The van der Waals surface area contributed by atoms with Gasteiger partial charge in [0.15, 0.2) is 0 Å². The van der Waals surface area contributed by atoms with E-state index in [9.17, 15) is 0 Å². The molecule has 1 aliphatic heterocycles. The average molecular weight is 301 g/mol. The lowest BCUT2D eigenvalue weighted by atomic mass is 10.0. The molecule has 2 heterocycles. The largest absolute Gasteiger partial charge is 0.491 e. The summed E-state index contributed by atoms with van der Waals surface area (Å²) >= 11 is 0. The van der Waals surface area contributed by atoms with Gasteiger partial charge in [0.1, 0.15) is 18.0 Å². The number of aromatic amines is 1. The average Bonchev–Trinajstić information content (AvgIpc) is 3.18. The number of likely N-dealkylation sites (tertiary alicyclic amines) is 1. The monoisotopic (exact) mass is 301 g/mol. The van der Waals surface area contributed by atoms with Gasteiger partial charge >= 0.3 is 0 Å². The third-order valence-electron chi connectivity index (χ3n) is 4.30. The zero-order valence-corrected chi connectivity index (χ0v) is 13.2. The summed E-state index contributed by atoms with van der Waals surface area (Å²) in [5, 5.41) is 0. The zero-order valence-electron chi connectivity index (χ0n) is 13.2. The molecular formula is C17H23N3O2. The minimum Gasteiger partial charge on any atom is -0.491 e. The predicted octanol–water partition coefficient (Wildman–Crippen LogP) is 2.39. The Morgan fingerprint density at radius 3 is 2.82 bits per heavy atom. The van der Waals surface area contributed by atoms with Gasteiger partial charge in [-0.2, -0.15) is 0 Å². The van der Waals surface area contributed by atoms with Crippen molar-refractivity contribution >= 4 is 0 Å². The van der Waals surface area contributed by atoms with E-state index in [1.54, 1.807) is 13.4 Å². The van der Waals surface area contributed by atoms with E-state index in [2.05, 4.69) is 33.9 Å². The number of nitrogens with one attached hydrogen (secondary N) is 1. The summed E-state index contributed by atoms with van der Waals surface area (Å²) in [5.41, 5.74) is 2.14. The first-order valence-electron chi connectivity index (χ1n) is 7.63. The molecule has 1 saturated heterocycles. The normalized spacial score (nSPS) is 22.1. The molecule has 0 bridgehead atoms. The van der Waals surface area contributed by atoms with Crippen molar-refractivity contribution in [3.8, 4) is 5.75 Å². The van der Waals surface area contributed by atoms with Gasteiger partial charge in [-0.3, -0.25) is 4.90 Å². The second-order valence-electron chi connectivity index (χ2n) is 6.03. The number of rotatable bonds is 6. The maximum absolute atomic E-state index is 5.95. The fraction of sp³-hybridized carbons (Fsp3) is 0.471. The summed E-state index contributed by atoms with van der Waals surface area (Å²) in [6, 6.07) is 8.15. The van der Waals surface area contributed by atoms with Crippen LogP contribution in [0.1, 0.15) is 17.7 Å². The molecule has 1 aromatic heterocycles. The minimum absolute atomic E-state index is 0.231. The van der Waals surface area contributed by atoms with Crippen molar-refractivity contribution in [2.24, 2.45) is 0 Å². The molecular weight excluding hydrogens is 278 g/mol. The highest BCUT2D eigenvalue weighted by atomic mass is 16.5. The number of aryl methyl sites for hydroxylation is 1. The molecule has 5 heteroatoms. The number of methoxy groups -OCH3 is 1. The molecule has 0 amide bonds. The Morgan fingerprint density at radius 1 is 1.32 bits per heavy atom. The third kappa shape index (κ3) is 3.48. The lowest BCUT2D eigenvalue weighted by molar-refractivity contribution is -0.0360. The van der Waals surface area contributed by atoms with Crippen LogP contribution in [0, 0.1) is 6.92 Å². The van der Waals surface area contributed by atoms with Crippen LogP contribution in [-0.4, -0.2) is 47.3 Å². The molecule has 0 saturated carbocycles. The summed E-state index contributed by atoms with van der Waals surface area (Å²) < 4.78 is 11.8. The van der Waals surface area contributed by atoms with Crippen molar-refractivity contribution in [3.63, 3.8) is 0 Å². The smallest absolute Gasteiger partial charge is 0.119 e. The van der Waals surface area contributed by atoms with Gasteiger partial charge in [0.2, 0.25) is 0 Å². The van der Waals surface area contributed by atoms with Crippen LogP contribution in [0.4, 0.5) is 0 Å². The van der Waals surface area contributed by atoms with E-state index in [4.69, 9.17) is 9.47 Å². The standard InChI is InChI=1S/C17H23N3O2/c1-14-3-5-16(6-4-14)22-12-17(21-2)7-8-20(11-17)10-15-9-18-13-19-15/h3-6,9,13H,7-8,10-12H2,1-2H3,(H,18,19)/t17-/m1/s1. The molecule has 1 fully saturated rings. The van der Waals surface area contributed by atoms with Crippen LogP contribution in [0.2, 0.25) is 0 Å². The van der Waals surface area contributed by atoms with Gasteiger partial charge in [0, 0.05) is 38.6 Å². The molecule has 1 N–H and O–H groups in total. The predicted molar refractivity (Wildman–Crippen MR) is 84.9 cm³/mol. The molecule has 2 aromatic rings. The van der Waals surface area contributed by atoms with Crippen LogP contribution in [0.5, 0.6) is 5.75 Å². The van der Waals surface area contributed by atoms with E-state index in [1.165, 1.54) is 5.56 Å². The van der Waals surface area contributed by atoms with Crippen LogP contribution in [0.15, 0.2) is 36.8 Å². The number of aromatic nitrogens is 2. The fourth-order valence-electron chi connectivity index (χ4n) is 2.87. The van der Waals surface area contributed by atoms with Crippen LogP contribution < -0.4 is 4.74 Å². The third-order valence-corrected chi connectivity index (χ3v) is 4.30. The van der Waals surface area contributed by atoms with Crippen LogP contribution in [0.3, 0.4) is 0 Å². The summed E-state index contributed by atoms with van der Waals surface area (Å²) in [5.74, 6) is 0.897. The van der Waals surface area contributed by atoms with E-state index >= 15 is 0 Å². The van der Waals surface area contributed by atoms with E-state index in [0.29, 0.717) is 6.61 Å². The van der Waals surface area contributed by atoms with Crippen molar-refractivity contribution in [3.05, 3.63) is 48.0 Å². The summed E-state index contributed by atoms with van der Waals surface area (Å²) in [6.07, 6.45) is 4.56. The zero-order chi connectivity index (χ0) is 15.4. The summed E-state index contributed by atoms with van der Waals surface area (Å²) in [6.45, 7) is 5.39. The van der Waals surface area contributed by atoms with Crippen molar-refractivity contribution in [2.45, 2.75) is 25.5 Å². The van der Waals surface area contributed by atoms with Crippen molar-refractivity contribution in [2.75, 3.05) is 26.8 Å². The number of hydrogen-bond donors (Lipinski definition) is 1. The second-order valence-corrected chi connectivity index (χ2v) is 6.03. The van der Waals surface area contributed by atoms with Gasteiger partial charge in [0.05, 0.1) is 6.33 Å². The molecule has 0 unspecified atom stereocenters. The van der Waals surface area contributed by atoms with Gasteiger partial charge < -0.3 is 14.5 Å². The van der Waals surface area contributed by atoms with E-state index in [0.717, 1.165) is 37.5 Å². The fourth-order valence-corrected chi connectivity index (χ4v) is 2.87. The van der Waals surface area contributed by atoms with Crippen LogP contribution in [-0.2, 0) is 11.3 Å². The van der Waals surface area contributed by atoms with Gasteiger partial charge in [-0.25, -0.2) is 4.98 Å². The number of nitrogens with zero attached hydrogens (tertiary/aromatic N) is 2. The molecule has 5 nitrogen and oxygen atoms in total. The van der Waals surface area contributed by atoms with Gasteiger partial charge in [-0.05, 0) is 25.5 Å². The summed E-state index contributed by atoms with van der Waals surface area (Å²) in [7, 11) is 1.78. The molecule has 1 aromatic carbocycles. The quantitative estimate of drug-likeness (QED) is 0.890. The first kappa shape index (κ1) is 15.1. The lowest BCUT2D eigenvalue weighted by Gasteiger charge is -2.28. The molecule has 1 aliphatic rings. The first-order valence-corrected chi connectivity index (χ1v) is 7.63. The Hall–Kier alpha value is -1.85. The van der Waals surface area contributed by atoms with Gasteiger partial charge in [0.25, 0.3) is 0 Å². The van der Waals surface area contributed by atoms with Crippen molar-refractivity contribution < 1.29 is 9.47 Å². The van der Waals surface area contributed by atoms with Crippen LogP contribution >= 0.6 is 0 Å². The lowest BCUT2D eigenvalue weighted by Crippen LogP contribution is -2.41. The minimum atomic E-state index is -0.231. The van der Waals surface area contributed by atoms with Gasteiger partial charge in [-0.15, -0.1) is 0 Å². The molecule has 3 rings (SSSR count). The number of benzene rings is 1. The second kappa shape index (κ2) is 6.50. The van der Waals surface area contributed by atoms with E-state index in [-0.39, 0.29) is 5.60 Å². The van der Waals surface area contributed by atoms with Crippen molar-refractivity contribution in [1.29, 1.82) is 0 Å². The summed E-state index contributed by atoms with van der Waals surface area (Å²) in [4.78, 5) is 9.58. The molecule has 22 heavy (non-hydrogen) atoms.